The Morgan fingerprint density at radius 1 is 0.968 bits per heavy atom. The highest BCUT2D eigenvalue weighted by atomic mass is 79.9. The van der Waals surface area contributed by atoms with E-state index in [9.17, 15) is 4.79 Å². The molecule has 0 aliphatic heterocycles. The molecule has 0 bridgehead atoms. The number of hydrogen-bond acceptors (Lipinski definition) is 5. The zero-order valence-electron chi connectivity index (χ0n) is 18.1. The van der Waals surface area contributed by atoms with Crippen LogP contribution in [-0.4, -0.2) is 36.7 Å². The largest absolute Gasteiger partial charge is 0.495 e. The third-order valence-corrected chi connectivity index (χ3v) is 5.41. The lowest BCUT2D eigenvalue weighted by Crippen LogP contribution is -2.36. The van der Waals surface area contributed by atoms with E-state index in [0.717, 1.165) is 11.1 Å². The molecule has 3 atom stereocenters. The lowest BCUT2D eigenvalue weighted by atomic mass is 9.99. The molecule has 0 aromatic heterocycles. The highest BCUT2D eigenvalue weighted by molar-refractivity contribution is 9.09. The first kappa shape index (κ1) is 25.1. The molecule has 0 heterocycles. The van der Waals surface area contributed by atoms with Crippen LogP contribution in [0.15, 0.2) is 73.0 Å². The molecule has 0 aliphatic carbocycles. The zero-order chi connectivity index (χ0) is 22.3. The third-order valence-electron chi connectivity index (χ3n) is 4.77. The second kappa shape index (κ2) is 14.8. The summed E-state index contributed by atoms with van der Waals surface area (Å²) in [5.41, 5.74) is 2.20. The summed E-state index contributed by atoms with van der Waals surface area (Å²) in [6, 6.07) is 20.0. The molecule has 31 heavy (non-hydrogen) atoms. The predicted molar refractivity (Wildman–Crippen MR) is 125 cm³/mol. The van der Waals surface area contributed by atoms with Gasteiger partial charge in [-0.25, -0.2) is 4.79 Å². The van der Waals surface area contributed by atoms with Gasteiger partial charge in [0.15, 0.2) is 0 Å². The van der Waals surface area contributed by atoms with E-state index >= 15 is 0 Å². The summed E-state index contributed by atoms with van der Waals surface area (Å²) < 4.78 is 22.9. The molecular formula is C25H31BrO5. The molecule has 0 amide bonds. The molecule has 0 spiro atoms. The van der Waals surface area contributed by atoms with Gasteiger partial charge < -0.3 is 18.9 Å². The highest BCUT2D eigenvalue weighted by Gasteiger charge is 2.27. The molecule has 0 aliphatic rings. The van der Waals surface area contributed by atoms with Crippen molar-refractivity contribution in [1.82, 2.24) is 0 Å². The van der Waals surface area contributed by atoms with Crippen LogP contribution in [0.5, 0.6) is 0 Å². The van der Waals surface area contributed by atoms with Gasteiger partial charge in [-0.15, -0.1) is 0 Å². The number of ether oxygens (including phenoxy) is 4. The molecule has 0 unspecified atom stereocenters. The molecule has 0 N–H and O–H groups in total. The maximum absolute atomic E-state index is 11.6. The van der Waals surface area contributed by atoms with Gasteiger partial charge in [0.25, 0.3) is 0 Å². The van der Waals surface area contributed by atoms with Gasteiger partial charge in [0.05, 0.1) is 44.9 Å². The van der Waals surface area contributed by atoms with Crippen molar-refractivity contribution in [2.24, 2.45) is 5.92 Å². The standard InChI is InChI=1S/C25H31BrO5/c1-3-29-25(27)14-15-30-24(19-28-17-21-10-6-4-7-11-21)20(2)23(16-26)31-18-22-12-8-5-9-13-22/h4-15,20,23-24H,3,16-19H2,1-2H3/b15-14+/t20-,23+,24-/m0/s1. The molecule has 2 aromatic rings. The van der Waals surface area contributed by atoms with Crippen molar-refractivity contribution < 1.29 is 23.7 Å². The van der Waals surface area contributed by atoms with Gasteiger partial charge >= 0.3 is 5.97 Å². The SMILES string of the molecule is CCOC(=O)/C=C/O[C@@H](COCc1ccccc1)[C@@H](C)[C@@H](CBr)OCc1ccccc1. The lowest BCUT2D eigenvalue weighted by molar-refractivity contribution is -0.137. The molecule has 0 saturated heterocycles. The Morgan fingerprint density at radius 2 is 1.58 bits per heavy atom. The summed E-state index contributed by atoms with van der Waals surface area (Å²) >= 11 is 3.56. The Bertz CT molecular complexity index is 766. The average molecular weight is 491 g/mol. The van der Waals surface area contributed by atoms with Crippen molar-refractivity contribution in [3.05, 3.63) is 84.1 Å². The Kier molecular flexibility index (Phi) is 12.0. The molecule has 0 fully saturated rings. The number of rotatable bonds is 14. The first-order valence-corrected chi connectivity index (χ1v) is 11.6. The summed E-state index contributed by atoms with van der Waals surface area (Å²) in [5, 5.41) is 0.654. The molecule has 2 rings (SSSR count). The summed E-state index contributed by atoms with van der Waals surface area (Å²) in [4.78, 5) is 11.6. The molecular weight excluding hydrogens is 460 g/mol. The maximum Gasteiger partial charge on any atom is 0.333 e. The summed E-state index contributed by atoms with van der Waals surface area (Å²) in [6.07, 6.45) is 2.27. The van der Waals surface area contributed by atoms with Crippen LogP contribution in [0.3, 0.4) is 0 Å². The van der Waals surface area contributed by atoms with Crippen molar-refractivity contribution >= 4 is 21.9 Å². The molecule has 0 radical (unpaired) electrons. The fraction of sp³-hybridized carbons (Fsp3) is 0.400. The molecule has 168 valence electrons. The fourth-order valence-electron chi connectivity index (χ4n) is 2.92. The molecule has 5 nitrogen and oxygen atoms in total. The van der Waals surface area contributed by atoms with Crippen molar-refractivity contribution in [1.29, 1.82) is 0 Å². The third kappa shape index (κ3) is 9.68. The number of carbonyl (C=O) groups excluding carboxylic acids is 1. The zero-order valence-corrected chi connectivity index (χ0v) is 19.7. The van der Waals surface area contributed by atoms with Gasteiger partial charge in [-0.3, -0.25) is 0 Å². The fourth-order valence-corrected chi connectivity index (χ4v) is 3.70. The predicted octanol–water partition coefficient (Wildman–Crippen LogP) is 5.28. The smallest absolute Gasteiger partial charge is 0.333 e. The van der Waals surface area contributed by atoms with Crippen LogP contribution in [0.25, 0.3) is 0 Å². The maximum atomic E-state index is 11.6. The first-order valence-electron chi connectivity index (χ1n) is 10.5. The average Bonchev–Trinajstić information content (AvgIpc) is 2.80. The quantitative estimate of drug-likeness (QED) is 0.156. The van der Waals surface area contributed by atoms with Crippen LogP contribution < -0.4 is 0 Å². The highest BCUT2D eigenvalue weighted by Crippen LogP contribution is 2.20. The van der Waals surface area contributed by atoms with Gasteiger partial charge in [0, 0.05) is 11.2 Å². The molecule has 6 heteroatoms. The second-order valence-electron chi connectivity index (χ2n) is 7.08. The van der Waals surface area contributed by atoms with E-state index in [-0.39, 0.29) is 18.1 Å². The minimum atomic E-state index is -0.434. The number of benzene rings is 2. The van der Waals surface area contributed by atoms with Crippen LogP contribution in [0, 0.1) is 5.92 Å². The van der Waals surface area contributed by atoms with Crippen molar-refractivity contribution in [3.8, 4) is 0 Å². The van der Waals surface area contributed by atoms with Crippen LogP contribution in [0.4, 0.5) is 0 Å². The summed E-state index contributed by atoms with van der Waals surface area (Å²) in [6.45, 7) is 5.51. The van der Waals surface area contributed by atoms with Gasteiger partial charge in [0.2, 0.25) is 0 Å². The minimum absolute atomic E-state index is 0.00528. The number of hydrogen-bond donors (Lipinski definition) is 0. The van der Waals surface area contributed by atoms with Crippen molar-refractivity contribution in [2.75, 3.05) is 18.5 Å². The van der Waals surface area contributed by atoms with E-state index in [1.165, 1.54) is 12.3 Å². The Hall–Kier alpha value is -2.15. The van der Waals surface area contributed by atoms with Gasteiger partial charge in [-0.2, -0.15) is 0 Å². The Labute approximate surface area is 193 Å². The van der Waals surface area contributed by atoms with E-state index in [2.05, 4.69) is 22.9 Å². The van der Waals surface area contributed by atoms with E-state index in [1.54, 1.807) is 6.92 Å². The second-order valence-corrected chi connectivity index (χ2v) is 7.73. The first-order chi connectivity index (χ1) is 15.1. The van der Waals surface area contributed by atoms with E-state index in [1.807, 2.05) is 60.7 Å². The number of carbonyl (C=O) groups is 1. The van der Waals surface area contributed by atoms with E-state index < -0.39 is 5.97 Å². The van der Waals surface area contributed by atoms with Gasteiger partial charge in [0.1, 0.15) is 6.10 Å². The normalized spacial score (nSPS) is 14.2. The lowest BCUT2D eigenvalue weighted by Gasteiger charge is -2.29. The Balaban J connectivity index is 1.97. The van der Waals surface area contributed by atoms with Crippen LogP contribution in [-0.2, 0) is 37.0 Å². The molecule has 2 aromatic carbocycles. The van der Waals surface area contributed by atoms with Crippen molar-refractivity contribution in [2.45, 2.75) is 39.3 Å². The topological polar surface area (TPSA) is 54.0 Å². The monoisotopic (exact) mass is 490 g/mol. The summed E-state index contributed by atoms with van der Waals surface area (Å²) in [5.74, 6) is -0.429. The number of esters is 1. The number of alkyl halides is 1. The Morgan fingerprint density at radius 3 is 2.16 bits per heavy atom. The van der Waals surface area contributed by atoms with Crippen LogP contribution >= 0.6 is 15.9 Å². The van der Waals surface area contributed by atoms with Gasteiger partial charge in [-0.1, -0.05) is 83.5 Å². The van der Waals surface area contributed by atoms with Crippen LogP contribution in [0.1, 0.15) is 25.0 Å². The van der Waals surface area contributed by atoms with Crippen LogP contribution in [0.2, 0.25) is 0 Å². The van der Waals surface area contributed by atoms with Gasteiger partial charge in [-0.05, 0) is 18.1 Å². The van der Waals surface area contributed by atoms with Crippen molar-refractivity contribution in [3.63, 3.8) is 0 Å². The summed E-state index contributed by atoms with van der Waals surface area (Å²) in [7, 11) is 0. The minimum Gasteiger partial charge on any atom is -0.495 e. The van der Waals surface area contributed by atoms with E-state index in [0.29, 0.717) is 31.8 Å². The van der Waals surface area contributed by atoms with E-state index in [4.69, 9.17) is 18.9 Å². The molecule has 0 saturated carbocycles. The number of halogens is 1.